The molecule has 0 saturated carbocycles. The highest BCUT2D eigenvalue weighted by Gasteiger charge is 2.22. The lowest BCUT2D eigenvalue weighted by atomic mass is 9.97. The van der Waals surface area contributed by atoms with Crippen molar-refractivity contribution in [3.05, 3.63) is 64.2 Å². The molecule has 1 unspecified atom stereocenters. The Labute approximate surface area is 206 Å². The number of thioether (sulfide) groups is 1. The van der Waals surface area contributed by atoms with Crippen LogP contribution in [0.15, 0.2) is 56.2 Å². The van der Waals surface area contributed by atoms with Crippen LogP contribution in [-0.4, -0.2) is 22.1 Å². The van der Waals surface area contributed by atoms with Gasteiger partial charge < -0.3 is 14.5 Å². The topological polar surface area (TPSA) is 111 Å². The van der Waals surface area contributed by atoms with E-state index < -0.39 is 17.3 Å². The van der Waals surface area contributed by atoms with Crippen LogP contribution in [0.3, 0.4) is 0 Å². The van der Waals surface area contributed by atoms with Crippen LogP contribution in [0.4, 0.5) is 5.13 Å². The number of amides is 1. The minimum absolute atomic E-state index is 0.0535. The van der Waals surface area contributed by atoms with E-state index >= 15 is 0 Å². The highest BCUT2D eigenvalue weighted by Crippen LogP contribution is 2.29. The molecular weight excluding hydrogens is 474 g/mol. The van der Waals surface area contributed by atoms with Crippen LogP contribution in [0.1, 0.15) is 57.3 Å². The maximum atomic E-state index is 12.6. The molecule has 10 heteroatoms. The molecule has 0 aliphatic rings. The van der Waals surface area contributed by atoms with Gasteiger partial charge in [0.2, 0.25) is 22.2 Å². The van der Waals surface area contributed by atoms with Gasteiger partial charge in [-0.2, -0.15) is 0 Å². The summed E-state index contributed by atoms with van der Waals surface area (Å²) in [5.41, 5.74) is 0.397. The van der Waals surface area contributed by atoms with E-state index in [-0.39, 0.29) is 17.6 Å². The van der Waals surface area contributed by atoms with Gasteiger partial charge in [0.05, 0.1) is 11.7 Å². The summed E-state index contributed by atoms with van der Waals surface area (Å²) in [6, 6.07) is 10.6. The Morgan fingerprint density at radius 2 is 1.85 bits per heavy atom. The fraction of sp³-hybridized carbons (Fsp3) is 0.375. The maximum absolute atomic E-state index is 12.6. The third kappa shape index (κ3) is 6.77. The van der Waals surface area contributed by atoms with E-state index in [1.54, 1.807) is 0 Å². The second-order valence-corrected chi connectivity index (χ2v) is 9.73. The monoisotopic (exact) mass is 501 g/mol. The predicted octanol–water partition coefficient (Wildman–Crippen LogP) is 5.26. The van der Waals surface area contributed by atoms with Crippen molar-refractivity contribution in [2.45, 2.75) is 56.0 Å². The number of ether oxygens (including phenoxy) is 1. The van der Waals surface area contributed by atoms with Gasteiger partial charge in [-0.25, -0.2) is 0 Å². The van der Waals surface area contributed by atoms with Crippen molar-refractivity contribution >= 4 is 40.1 Å². The first-order valence-corrected chi connectivity index (χ1v) is 12.9. The summed E-state index contributed by atoms with van der Waals surface area (Å²) < 4.78 is 11.5. The summed E-state index contributed by atoms with van der Waals surface area (Å²) in [6.07, 6.45) is 3.23. The average Bonchev–Trinajstić information content (AvgIpc) is 3.28. The first kappa shape index (κ1) is 25.6. The van der Waals surface area contributed by atoms with Gasteiger partial charge in [0.25, 0.3) is 0 Å². The molecule has 1 N–H and O–H groups in total. The Balaban J connectivity index is 1.57. The lowest BCUT2D eigenvalue weighted by Gasteiger charge is -2.13. The lowest BCUT2D eigenvalue weighted by Crippen LogP contribution is -2.21. The SMILES string of the molecule is CCC(CC)C(=O)Nc1nnc(SCc2cc(=O)c(OC(=O)C(CC)c3ccccc3)co2)s1. The van der Waals surface area contributed by atoms with Crippen molar-refractivity contribution in [3.63, 3.8) is 0 Å². The maximum Gasteiger partial charge on any atom is 0.319 e. The molecule has 34 heavy (non-hydrogen) atoms. The number of esters is 1. The Kier molecular flexibility index (Phi) is 9.41. The molecule has 3 aromatic rings. The number of carbonyl (C=O) groups excluding carboxylic acids is 2. The van der Waals surface area contributed by atoms with Crippen molar-refractivity contribution in [2.24, 2.45) is 5.92 Å². The zero-order valence-electron chi connectivity index (χ0n) is 19.3. The second kappa shape index (κ2) is 12.5. The van der Waals surface area contributed by atoms with Gasteiger partial charge in [-0.05, 0) is 24.8 Å². The van der Waals surface area contributed by atoms with Crippen molar-refractivity contribution in [3.8, 4) is 5.75 Å². The molecule has 1 atom stereocenters. The van der Waals surface area contributed by atoms with E-state index in [1.807, 2.05) is 51.1 Å². The van der Waals surface area contributed by atoms with E-state index in [9.17, 15) is 14.4 Å². The molecule has 0 aliphatic heterocycles. The first-order chi connectivity index (χ1) is 16.4. The van der Waals surface area contributed by atoms with E-state index in [1.165, 1.54) is 29.2 Å². The fourth-order valence-corrected chi connectivity index (χ4v) is 4.96. The molecule has 0 radical (unpaired) electrons. The first-order valence-electron chi connectivity index (χ1n) is 11.1. The van der Waals surface area contributed by atoms with Crippen molar-refractivity contribution < 1.29 is 18.7 Å². The molecule has 0 saturated heterocycles. The van der Waals surface area contributed by atoms with Crippen LogP contribution >= 0.6 is 23.1 Å². The van der Waals surface area contributed by atoms with Crippen molar-refractivity contribution in [2.75, 3.05) is 5.32 Å². The Bertz CT molecular complexity index is 1160. The summed E-state index contributed by atoms with van der Waals surface area (Å²) in [4.78, 5) is 37.2. The Hall–Kier alpha value is -2.98. The summed E-state index contributed by atoms with van der Waals surface area (Å²) >= 11 is 2.59. The number of rotatable bonds is 11. The standard InChI is InChI=1S/C24H27N3O5S2/c1-4-15(5-2)21(29)25-23-26-27-24(34-23)33-14-17-12-19(28)20(13-31-17)32-22(30)18(6-3)16-10-8-7-9-11-16/h7-13,15,18H,4-6,14H2,1-3H3,(H,25,26,29). The molecule has 2 heterocycles. The lowest BCUT2D eigenvalue weighted by molar-refractivity contribution is -0.136. The van der Waals surface area contributed by atoms with Crippen molar-refractivity contribution in [1.82, 2.24) is 10.2 Å². The molecule has 0 spiro atoms. The quantitative estimate of drug-likeness (QED) is 0.215. The van der Waals surface area contributed by atoms with E-state index in [0.717, 1.165) is 24.7 Å². The molecule has 1 amide bonds. The van der Waals surface area contributed by atoms with Crippen LogP contribution < -0.4 is 15.5 Å². The van der Waals surface area contributed by atoms with Gasteiger partial charge in [0, 0.05) is 12.0 Å². The molecule has 0 aliphatic carbocycles. The molecule has 0 fully saturated rings. The van der Waals surface area contributed by atoms with Crippen LogP contribution in [0.25, 0.3) is 0 Å². The number of hydrogen-bond donors (Lipinski definition) is 1. The number of nitrogens with zero attached hydrogens (tertiary/aromatic N) is 2. The molecule has 3 rings (SSSR count). The van der Waals surface area contributed by atoms with Gasteiger partial charge in [-0.3, -0.25) is 14.4 Å². The summed E-state index contributed by atoms with van der Waals surface area (Å²) in [7, 11) is 0. The number of carbonyl (C=O) groups is 2. The van der Waals surface area contributed by atoms with Crippen LogP contribution in [0, 0.1) is 5.92 Å². The molecule has 8 nitrogen and oxygen atoms in total. The van der Waals surface area contributed by atoms with Crippen LogP contribution in [0.5, 0.6) is 5.75 Å². The van der Waals surface area contributed by atoms with Crippen molar-refractivity contribution in [1.29, 1.82) is 0 Å². The van der Waals surface area contributed by atoms with Gasteiger partial charge in [0.1, 0.15) is 12.0 Å². The minimum Gasteiger partial charge on any atom is -0.464 e. The van der Waals surface area contributed by atoms with Gasteiger partial charge in [-0.15, -0.1) is 10.2 Å². The van der Waals surface area contributed by atoms with E-state index in [0.29, 0.717) is 27.4 Å². The molecule has 180 valence electrons. The Morgan fingerprint density at radius 1 is 1.12 bits per heavy atom. The molecule has 2 aromatic heterocycles. The van der Waals surface area contributed by atoms with Gasteiger partial charge >= 0.3 is 5.97 Å². The smallest absolute Gasteiger partial charge is 0.319 e. The number of nitrogens with one attached hydrogen (secondary N) is 1. The molecule has 1 aromatic carbocycles. The average molecular weight is 502 g/mol. The number of anilines is 1. The largest absolute Gasteiger partial charge is 0.464 e. The molecular formula is C24H27N3O5S2. The van der Waals surface area contributed by atoms with Crippen LogP contribution in [-0.2, 0) is 15.3 Å². The predicted molar refractivity (Wildman–Crippen MR) is 132 cm³/mol. The summed E-state index contributed by atoms with van der Waals surface area (Å²) in [6.45, 7) is 5.83. The zero-order chi connectivity index (χ0) is 24.5. The second-order valence-electron chi connectivity index (χ2n) is 7.53. The van der Waals surface area contributed by atoms with Gasteiger partial charge in [0.15, 0.2) is 4.34 Å². The minimum atomic E-state index is -0.500. The van der Waals surface area contributed by atoms with E-state index in [4.69, 9.17) is 9.15 Å². The molecule has 0 bridgehead atoms. The number of benzene rings is 1. The number of hydrogen-bond acceptors (Lipinski definition) is 9. The number of aromatic nitrogens is 2. The highest BCUT2D eigenvalue weighted by atomic mass is 32.2. The highest BCUT2D eigenvalue weighted by molar-refractivity contribution is 8.00. The van der Waals surface area contributed by atoms with Crippen LogP contribution in [0.2, 0.25) is 0 Å². The van der Waals surface area contributed by atoms with E-state index in [2.05, 4.69) is 15.5 Å². The third-order valence-electron chi connectivity index (χ3n) is 5.29. The fourth-order valence-electron chi connectivity index (χ4n) is 3.31. The normalized spacial score (nSPS) is 11.9. The third-order valence-corrected chi connectivity index (χ3v) is 7.28. The Morgan fingerprint density at radius 3 is 2.50 bits per heavy atom. The zero-order valence-corrected chi connectivity index (χ0v) is 20.9. The summed E-state index contributed by atoms with van der Waals surface area (Å²) in [5.74, 6) is -0.486. The summed E-state index contributed by atoms with van der Waals surface area (Å²) in [5, 5.41) is 11.3. The van der Waals surface area contributed by atoms with Gasteiger partial charge in [-0.1, -0.05) is 74.2 Å².